The third-order valence-electron chi connectivity index (χ3n) is 3.66. The number of fused-ring (bicyclic) bond motifs is 1. The van der Waals surface area contributed by atoms with Gasteiger partial charge in [0.15, 0.2) is 6.61 Å². The minimum absolute atomic E-state index is 0.0941. The highest BCUT2D eigenvalue weighted by Crippen LogP contribution is 2.38. The van der Waals surface area contributed by atoms with Crippen molar-refractivity contribution in [1.82, 2.24) is 0 Å². The van der Waals surface area contributed by atoms with Gasteiger partial charge in [-0.1, -0.05) is 11.6 Å². The number of benzene rings is 2. The van der Waals surface area contributed by atoms with Crippen LogP contribution in [0, 0.1) is 0 Å². The molecule has 26 heavy (non-hydrogen) atoms. The van der Waals surface area contributed by atoms with E-state index < -0.39 is 5.91 Å². The highest BCUT2D eigenvalue weighted by molar-refractivity contribution is 9.10. The van der Waals surface area contributed by atoms with E-state index in [4.69, 9.17) is 25.8 Å². The highest BCUT2D eigenvalue weighted by atomic mass is 79.9. The van der Waals surface area contributed by atoms with E-state index in [1.165, 1.54) is 20.3 Å². The number of carbonyl (C=O) groups excluding carboxylic acids is 2. The number of methoxy groups -OCH3 is 2. The van der Waals surface area contributed by atoms with Crippen LogP contribution >= 0.6 is 27.5 Å². The lowest BCUT2D eigenvalue weighted by Gasteiger charge is -2.20. The molecule has 0 spiro atoms. The van der Waals surface area contributed by atoms with Crippen LogP contribution in [-0.2, 0) is 4.79 Å². The number of nitrogens with one attached hydrogen (secondary N) is 2. The van der Waals surface area contributed by atoms with Crippen LogP contribution in [0.5, 0.6) is 17.2 Å². The maximum Gasteiger partial charge on any atom is 0.262 e. The minimum Gasteiger partial charge on any atom is -0.495 e. The molecule has 0 bridgehead atoms. The summed E-state index contributed by atoms with van der Waals surface area (Å²) in [5, 5.41) is 5.63. The Kier molecular flexibility index (Phi) is 5.24. The zero-order valence-electron chi connectivity index (χ0n) is 13.8. The molecule has 9 heteroatoms. The molecule has 0 saturated heterocycles. The van der Waals surface area contributed by atoms with Gasteiger partial charge >= 0.3 is 0 Å². The summed E-state index contributed by atoms with van der Waals surface area (Å²) in [6, 6.07) is 6.23. The Bertz CT molecular complexity index is 878. The fraction of sp³-hybridized carbons (Fsp3) is 0.176. The number of rotatable bonds is 4. The predicted molar refractivity (Wildman–Crippen MR) is 101 cm³/mol. The molecule has 1 aliphatic heterocycles. The molecular formula is C17H14BrClN2O5. The Hall–Kier alpha value is -2.45. The summed E-state index contributed by atoms with van der Waals surface area (Å²) in [6.45, 7) is -0.0941. The van der Waals surface area contributed by atoms with Crippen molar-refractivity contribution in [1.29, 1.82) is 0 Å². The van der Waals surface area contributed by atoms with Crippen LogP contribution in [0.25, 0.3) is 0 Å². The number of hydrogen-bond donors (Lipinski definition) is 2. The Morgan fingerprint density at radius 3 is 2.50 bits per heavy atom. The summed E-state index contributed by atoms with van der Waals surface area (Å²) >= 11 is 9.56. The molecule has 0 atom stereocenters. The van der Waals surface area contributed by atoms with E-state index in [0.717, 1.165) is 0 Å². The van der Waals surface area contributed by atoms with Gasteiger partial charge in [0.25, 0.3) is 11.8 Å². The SMILES string of the molecule is COc1cc(C(=O)Nc2cc3c(cc2Cl)NC(=O)CO3)cc(OC)c1Br. The second kappa shape index (κ2) is 7.43. The van der Waals surface area contributed by atoms with Gasteiger partial charge in [-0.25, -0.2) is 0 Å². The van der Waals surface area contributed by atoms with Crippen LogP contribution in [0.3, 0.4) is 0 Å². The number of anilines is 2. The van der Waals surface area contributed by atoms with Crippen LogP contribution in [0.4, 0.5) is 11.4 Å². The number of hydrogen-bond acceptors (Lipinski definition) is 5. The van der Waals surface area contributed by atoms with E-state index in [9.17, 15) is 9.59 Å². The van der Waals surface area contributed by atoms with E-state index in [1.54, 1.807) is 18.2 Å². The van der Waals surface area contributed by atoms with Crippen LogP contribution in [0.2, 0.25) is 5.02 Å². The number of halogens is 2. The first kappa shape index (κ1) is 18.3. The van der Waals surface area contributed by atoms with Crippen molar-refractivity contribution in [2.24, 2.45) is 0 Å². The summed E-state index contributed by atoms with van der Waals surface area (Å²) in [7, 11) is 2.99. The molecule has 0 unspecified atom stereocenters. The molecule has 0 aromatic heterocycles. The van der Waals surface area contributed by atoms with Crippen molar-refractivity contribution in [3.8, 4) is 17.2 Å². The van der Waals surface area contributed by atoms with Gasteiger partial charge in [0, 0.05) is 11.6 Å². The fourth-order valence-electron chi connectivity index (χ4n) is 2.39. The maximum absolute atomic E-state index is 12.6. The van der Waals surface area contributed by atoms with Crippen molar-refractivity contribution in [3.05, 3.63) is 39.3 Å². The summed E-state index contributed by atoms with van der Waals surface area (Å²) in [6.07, 6.45) is 0. The average Bonchev–Trinajstić information content (AvgIpc) is 2.62. The van der Waals surface area contributed by atoms with Gasteiger partial charge in [-0.3, -0.25) is 9.59 Å². The third kappa shape index (κ3) is 3.56. The zero-order chi connectivity index (χ0) is 18.8. The molecule has 1 aliphatic rings. The van der Waals surface area contributed by atoms with Crippen molar-refractivity contribution < 1.29 is 23.8 Å². The lowest BCUT2D eigenvalue weighted by molar-refractivity contribution is -0.118. The van der Waals surface area contributed by atoms with Crippen LogP contribution < -0.4 is 24.8 Å². The first-order valence-electron chi connectivity index (χ1n) is 7.42. The minimum atomic E-state index is -0.407. The Morgan fingerprint density at radius 1 is 1.23 bits per heavy atom. The van der Waals surface area contributed by atoms with Gasteiger partial charge in [0.2, 0.25) is 0 Å². The molecule has 1 heterocycles. The molecule has 0 radical (unpaired) electrons. The monoisotopic (exact) mass is 440 g/mol. The lowest BCUT2D eigenvalue weighted by atomic mass is 10.1. The molecule has 2 aromatic carbocycles. The zero-order valence-corrected chi connectivity index (χ0v) is 16.2. The van der Waals surface area contributed by atoms with Gasteiger partial charge < -0.3 is 24.8 Å². The van der Waals surface area contributed by atoms with Crippen LogP contribution in [-0.4, -0.2) is 32.6 Å². The molecule has 7 nitrogen and oxygen atoms in total. The third-order valence-corrected chi connectivity index (χ3v) is 4.75. The number of amides is 2. The molecule has 2 N–H and O–H groups in total. The van der Waals surface area contributed by atoms with Crippen molar-refractivity contribution in [3.63, 3.8) is 0 Å². The second-order valence-corrected chi connectivity index (χ2v) is 6.51. The van der Waals surface area contributed by atoms with Gasteiger partial charge in [0.1, 0.15) is 21.7 Å². The van der Waals surface area contributed by atoms with E-state index in [0.29, 0.717) is 38.7 Å². The summed E-state index contributed by atoms with van der Waals surface area (Å²) in [4.78, 5) is 24.0. The van der Waals surface area contributed by atoms with Crippen molar-refractivity contribution in [2.45, 2.75) is 0 Å². The van der Waals surface area contributed by atoms with Crippen LogP contribution in [0.15, 0.2) is 28.7 Å². The van der Waals surface area contributed by atoms with E-state index >= 15 is 0 Å². The summed E-state index contributed by atoms with van der Waals surface area (Å²) in [5.41, 5.74) is 1.13. The van der Waals surface area contributed by atoms with Gasteiger partial charge in [0.05, 0.1) is 30.6 Å². The molecule has 3 rings (SSSR count). The van der Waals surface area contributed by atoms with Crippen LogP contribution in [0.1, 0.15) is 10.4 Å². The van der Waals surface area contributed by atoms with Crippen molar-refractivity contribution in [2.75, 3.05) is 31.5 Å². The number of carbonyl (C=O) groups is 2. The first-order chi connectivity index (χ1) is 12.4. The maximum atomic E-state index is 12.6. The summed E-state index contributed by atoms with van der Waals surface area (Å²) < 4.78 is 16.4. The van der Waals surface area contributed by atoms with Gasteiger partial charge in [-0.15, -0.1) is 0 Å². The number of ether oxygens (including phenoxy) is 3. The molecule has 0 aliphatic carbocycles. The summed E-state index contributed by atoms with van der Waals surface area (Å²) in [5.74, 6) is 0.666. The second-order valence-electron chi connectivity index (χ2n) is 5.31. The fourth-order valence-corrected chi connectivity index (χ4v) is 3.15. The molecule has 0 fully saturated rings. The lowest BCUT2D eigenvalue weighted by Crippen LogP contribution is -2.25. The quantitative estimate of drug-likeness (QED) is 0.755. The molecule has 0 saturated carbocycles. The molecule has 2 aromatic rings. The predicted octanol–water partition coefficient (Wildman–Crippen LogP) is 3.70. The average molecular weight is 442 g/mol. The smallest absolute Gasteiger partial charge is 0.262 e. The molecule has 136 valence electrons. The Balaban J connectivity index is 1.90. The molecule has 2 amide bonds. The van der Waals surface area contributed by atoms with E-state index in [-0.39, 0.29) is 17.5 Å². The highest BCUT2D eigenvalue weighted by Gasteiger charge is 2.20. The van der Waals surface area contributed by atoms with Crippen molar-refractivity contribution >= 4 is 50.7 Å². The Morgan fingerprint density at radius 2 is 1.88 bits per heavy atom. The normalized spacial score (nSPS) is 12.5. The Labute approximate surface area is 162 Å². The van der Waals surface area contributed by atoms with Gasteiger partial charge in [-0.05, 0) is 34.1 Å². The molecular weight excluding hydrogens is 428 g/mol. The van der Waals surface area contributed by atoms with Gasteiger partial charge in [-0.2, -0.15) is 0 Å². The topological polar surface area (TPSA) is 85.9 Å². The van der Waals surface area contributed by atoms with E-state index in [1.807, 2.05) is 0 Å². The van der Waals surface area contributed by atoms with E-state index in [2.05, 4.69) is 26.6 Å². The standard InChI is InChI=1S/C17H14BrClN2O5/c1-24-13-3-8(4-14(25-2)16(13)18)17(23)21-10-6-12-11(5-9(10)19)20-15(22)7-26-12/h3-6H,7H2,1-2H3,(H,20,22)(H,21,23). The first-order valence-corrected chi connectivity index (χ1v) is 8.59. The largest absolute Gasteiger partial charge is 0.495 e.